The van der Waals surface area contributed by atoms with E-state index >= 15 is 4.39 Å². The molecule has 6 aromatic rings. The smallest absolute Gasteiger partial charge is 0.133 e. The number of aryl methyl sites for hydroxylation is 1. The van der Waals surface area contributed by atoms with Crippen LogP contribution in [0.3, 0.4) is 0 Å². The molecule has 0 fully saturated rings. The van der Waals surface area contributed by atoms with Crippen LogP contribution in [0, 0.1) is 12.7 Å². The normalized spacial score (nSPS) is 12.7. The highest BCUT2D eigenvalue weighted by Gasteiger charge is 2.17. The molecule has 0 saturated carbocycles. The van der Waals surface area contributed by atoms with Crippen molar-refractivity contribution >= 4 is 32.7 Å². The van der Waals surface area contributed by atoms with Gasteiger partial charge in [-0.15, -0.1) is 0 Å². The molecule has 34 heavy (non-hydrogen) atoms. The predicted octanol–water partition coefficient (Wildman–Crippen LogP) is 7.28. The minimum Gasteiger partial charge on any atom is -0.342 e. The Bertz CT molecular complexity index is 1690. The van der Waals surface area contributed by atoms with Crippen LogP contribution in [0.4, 0.5) is 4.39 Å². The SMILES string of the molecule is CCC(C)c1nc2c3cccnc3c3cc(-c4ccc(-c5cnc(C)[nH]5)c(F)c4)ccc3c2[nH]1. The summed E-state index contributed by atoms with van der Waals surface area (Å²) < 4.78 is 15.0. The first-order valence-electron chi connectivity index (χ1n) is 11.6. The number of aromatic amines is 2. The van der Waals surface area contributed by atoms with Gasteiger partial charge in [0.25, 0.3) is 0 Å². The molecule has 0 spiro atoms. The lowest BCUT2D eigenvalue weighted by molar-refractivity contribution is 0.631. The van der Waals surface area contributed by atoms with Crippen molar-refractivity contribution < 1.29 is 4.39 Å². The van der Waals surface area contributed by atoms with E-state index in [1.54, 1.807) is 18.3 Å². The molecule has 6 heteroatoms. The van der Waals surface area contributed by atoms with Crippen LogP contribution in [-0.4, -0.2) is 24.9 Å². The van der Waals surface area contributed by atoms with E-state index in [1.165, 1.54) is 0 Å². The van der Waals surface area contributed by atoms with Crippen LogP contribution in [0.15, 0.2) is 60.9 Å². The number of pyridine rings is 1. The number of H-pyrrole nitrogens is 2. The summed E-state index contributed by atoms with van der Waals surface area (Å²) in [5, 5.41) is 3.11. The van der Waals surface area contributed by atoms with E-state index in [1.807, 2.05) is 31.3 Å². The highest BCUT2D eigenvalue weighted by molar-refractivity contribution is 6.22. The van der Waals surface area contributed by atoms with E-state index in [0.717, 1.165) is 61.9 Å². The van der Waals surface area contributed by atoms with E-state index < -0.39 is 0 Å². The lowest BCUT2D eigenvalue weighted by Crippen LogP contribution is -1.93. The Hall–Kier alpha value is -4.06. The van der Waals surface area contributed by atoms with E-state index in [-0.39, 0.29) is 5.82 Å². The van der Waals surface area contributed by atoms with Crippen LogP contribution < -0.4 is 0 Å². The van der Waals surface area contributed by atoms with Crippen molar-refractivity contribution in [3.05, 3.63) is 78.4 Å². The summed E-state index contributed by atoms with van der Waals surface area (Å²) in [7, 11) is 0. The van der Waals surface area contributed by atoms with Crippen molar-refractivity contribution in [2.24, 2.45) is 0 Å². The summed E-state index contributed by atoms with van der Waals surface area (Å²) in [4.78, 5) is 20.5. The lowest BCUT2D eigenvalue weighted by atomic mass is 9.97. The molecule has 2 N–H and O–H groups in total. The first-order valence-corrected chi connectivity index (χ1v) is 11.6. The fraction of sp³-hybridized carbons (Fsp3) is 0.179. The Morgan fingerprint density at radius 1 is 0.912 bits per heavy atom. The molecule has 0 aliphatic heterocycles. The topological polar surface area (TPSA) is 70.2 Å². The Morgan fingerprint density at radius 3 is 2.50 bits per heavy atom. The van der Waals surface area contributed by atoms with Crippen molar-refractivity contribution in [2.45, 2.75) is 33.1 Å². The molecular formula is C28H24FN5. The second-order valence-electron chi connectivity index (χ2n) is 8.89. The third-order valence-electron chi connectivity index (χ3n) is 6.70. The molecule has 0 bridgehead atoms. The molecule has 1 unspecified atom stereocenters. The number of nitrogens with one attached hydrogen (secondary N) is 2. The molecule has 0 saturated heterocycles. The third-order valence-corrected chi connectivity index (χ3v) is 6.70. The predicted molar refractivity (Wildman–Crippen MR) is 135 cm³/mol. The number of nitrogens with zero attached hydrogens (tertiary/aromatic N) is 3. The monoisotopic (exact) mass is 449 g/mol. The molecular weight excluding hydrogens is 425 g/mol. The van der Waals surface area contributed by atoms with Crippen LogP contribution in [0.25, 0.3) is 55.1 Å². The van der Waals surface area contributed by atoms with Gasteiger partial charge in [-0.2, -0.15) is 0 Å². The number of hydrogen-bond acceptors (Lipinski definition) is 3. The maximum Gasteiger partial charge on any atom is 0.133 e. The highest BCUT2D eigenvalue weighted by Crippen LogP contribution is 2.36. The van der Waals surface area contributed by atoms with Crippen molar-refractivity contribution in [3.63, 3.8) is 0 Å². The fourth-order valence-corrected chi connectivity index (χ4v) is 4.63. The van der Waals surface area contributed by atoms with Gasteiger partial charge in [0.2, 0.25) is 0 Å². The van der Waals surface area contributed by atoms with Gasteiger partial charge in [-0.1, -0.05) is 32.0 Å². The van der Waals surface area contributed by atoms with E-state index in [0.29, 0.717) is 17.2 Å². The third kappa shape index (κ3) is 3.17. The molecule has 3 heterocycles. The quantitative estimate of drug-likeness (QED) is 0.278. The molecule has 5 nitrogen and oxygen atoms in total. The average Bonchev–Trinajstić information content (AvgIpc) is 3.50. The zero-order valence-electron chi connectivity index (χ0n) is 19.3. The van der Waals surface area contributed by atoms with E-state index in [9.17, 15) is 0 Å². The van der Waals surface area contributed by atoms with Crippen LogP contribution in [0.5, 0.6) is 0 Å². The first-order chi connectivity index (χ1) is 16.5. The van der Waals surface area contributed by atoms with Crippen molar-refractivity contribution in [3.8, 4) is 22.4 Å². The summed E-state index contributed by atoms with van der Waals surface area (Å²) in [5.41, 5.74) is 5.81. The second kappa shape index (κ2) is 7.76. The van der Waals surface area contributed by atoms with Crippen molar-refractivity contribution in [1.29, 1.82) is 0 Å². The molecule has 0 aliphatic carbocycles. The molecule has 6 rings (SSSR count). The van der Waals surface area contributed by atoms with Gasteiger partial charge in [-0.3, -0.25) is 4.98 Å². The Labute approximate surface area is 196 Å². The largest absolute Gasteiger partial charge is 0.342 e. The minimum absolute atomic E-state index is 0.286. The van der Waals surface area contributed by atoms with Crippen LogP contribution in [-0.2, 0) is 0 Å². The van der Waals surface area contributed by atoms with Gasteiger partial charge in [0, 0.05) is 33.8 Å². The van der Waals surface area contributed by atoms with Gasteiger partial charge in [0.05, 0.1) is 28.4 Å². The average molecular weight is 450 g/mol. The molecule has 3 aromatic heterocycles. The molecule has 3 aromatic carbocycles. The fourth-order valence-electron chi connectivity index (χ4n) is 4.63. The summed E-state index contributed by atoms with van der Waals surface area (Å²) in [6.07, 6.45) is 4.48. The van der Waals surface area contributed by atoms with Gasteiger partial charge in [0.15, 0.2) is 0 Å². The van der Waals surface area contributed by atoms with Gasteiger partial charge in [0.1, 0.15) is 17.5 Å². The zero-order chi connectivity index (χ0) is 23.4. The van der Waals surface area contributed by atoms with Gasteiger partial charge >= 0.3 is 0 Å². The van der Waals surface area contributed by atoms with Crippen LogP contribution in [0.1, 0.15) is 37.8 Å². The van der Waals surface area contributed by atoms with Gasteiger partial charge in [-0.05, 0) is 54.8 Å². The maximum atomic E-state index is 15.0. The van der Waals surface area contributed by atoms with Gasteiger partial charge < -0.3 is 9.97 Å². The number of fused-ring (bicyclic) bond motifs is 6. The summed E-state index contributed by atoms with van der Waals surface area (Å²) in [6, 6.07) is 15.6. The number of imidazole rings is 2. The number of halogens is 1. The number of rotatable bonds is 4. The number of aromatic nitrogens is 5. The summed E-state index contributed by atoms with van der Waals surface area (Å²) in [5.74, 6) is 1.81. The molecule has 0 aliphatic rings. The van der Waals surface area contributed by atoms with Crippen molar-refractivity contribution in [1.82, 2.24) is 24.9 Å². The second-order valence-corrected chi connectivity index (χ2v) is 8.89. The highest BCUT2D eigenvalue weighted by atomic mass is 19.1. The first kappa shape index (κ1) is 20.5. The molecule has 0 radical (unpaired) electrons. The van der Waals surface area contributed by atoms with Crippen LogP contribution in [0.2, 0.25) is 0 Å². The molecule has 168 valence electrons. The maximum absolute atomic E-state index is 15.0. The minimum atomic E-state index is -0.286. The number of benzene rings is 3. The van der Waals surface area contributed by atoms with Gasteiger partial charge in [-0.25, -0.2) is 14.4 Å². The summed E-state index contributed by atoms with van der Waals surface area (Å²) in [6.45, 7) is 6.20. The molecule has 1 atom stereocenters. The Kier molecular flexibility index (Phi) is 4.69. The van der Waals surface area contributed by atoms with Crippen LogP contribution >= 0.6 is 0 Å². The molecule has 0 amide bonds. The van der Waals surface area contributed by atoms with E-state index in [4.69, 9.17) is 9.97 Å². The Balaban J connectivity index is 1.55. The zero-order valence-corrected chi connectivity index (χ0v) is 19.3. The number of hydrogen-bond donors (Lipinski definition) is 2. The Morgan fingerprint density at radius 2 is 1.74 bits per heavy atom. The van der Waals surface area contributed by atoms with E-state index in [2.05, 4.69) is 47.0 Å². The standard InChI is InChI=1S/C28H24FN5/c1-4-15(2)28-33-26-19-9-7-17(12-22(19)25-21(27(26)34-28)6-5-11-30-25)18-8-10-20(23(29)13-18)24-14-31-16(3)32-24/h5-15H,4H2,1-3H3,(H,31,32)(H,33,34). The lowest BCUT2D eigenvalue weighted by Gasteiger charge is -2.09. The van der Waals surface area contributed by atoms with Crippen molar-refractivity contribution in [2.75, 3.05) is 0 Å². The summed E-state index contributed by atoms with van der Waals surface area (Å²) >= 11 is 0.